The Balaban J connectivity index is 1.58. The molecule has 5 heteroatoms. The predicted molar refractivity (Wildman–Crippen MR) is 91.6 cm³/mol. The van der Waals surface area contributed by atoms with Gasteiger partial charge in [-0.2, -0.15) is 4.99 Å². The lowest BCUT2D eigenvalue weighted by molar-refractivity contribution is -0.0277. The van der Waals surface area contributed by atoms with Crippen LogP contribution in [0.25, 0.3) is 0 Å². The molecule has 2 aliphatic rings. The lowest BCUT2D eigenvalue weighted by atomic mass is 10.0. The molecular formula is C19H18N2O3. The van der Waals surface area contributed by atoms with Crippen LogP contribution in [0.4, 0.5) is 0 Å². The number of aryl methyl sites for hydroxylation is 1. The molecule has 0 aromatic heterocycles. The Morgan fingerprint density at radius 2 is 1.88 bits per heavy atom. The zero-order chi connectivity index (χ0) is 16.6. The zero-order valence-electron chi connectivity index (χ0n) is 13.7. The lowest BCUT2D eigenvalue weighted by Gasteiger charge is -2.14. The number of nitrogens with zero attached hydrogens (tertiary/aromatic N) is 2. The van der Waals surface area contributed by atoms with Crippen molar-refractivity contribution >= 4 is 11.6 Å². The molecule has 5 nitrogen and oxygen atoms in total. The third-order valence-electron chi connectivity index (χ3n) is 4.23. The third-order valence-corrected chi connectivity index (χ3v) is 4.23. The molecule has 0 N–H and O–H groups in total. The summed E-state index contributed by atoms with van der Waals surface area (Å²) in [7, 11) is 1.65. The molecule has 2 aromatic carbocycles. The summed E-state index contributed by atoms with van der Waals surface area (Å²) >= 11 is 0. The number of aliphatic imine (C=N–C) groups is 1. The fourth-order valence-electron chi connectivity index (χ4n) is 2.91. The Hall–Kier alpha value is -2.82. The molecule has 0 fully saturated rings. The molecule has 0 radical (unpaired) electrons. The topological polar surface area (TPSA) is 52.4 Å². The molecule has 2 aliphatic heterocycles. The maximum Gasteiger partial charge on any atom is 0.269 e. The van der Waals surface area contributed by atoms with E-state index in [1.54, 1.807) is 7.11 Å². The van der Waals surface area contributed by atoms with E-state index in [-0.39, 0.29) is 0 Å². The van der Waals surface area contributed by atoms with Crippen LogP contribution >= 0.6 is 0 Å². The number of hydrogen-bond acceptors (Lipinski definition) is 5. The van der Waals surface area contributed by atoms with Gasteiger partial charge in [-0.25, -0.2) is 0 Å². The molecule has 1 unspecified atom stereocenters. The van der Waals surface area contributed by atoms with E-state index in [2.05, 4.69) is 17.1 Å². The standard InChI is InChI=1S/C19H18N2O3/c1-13-7-9-14(10-8-13)18-20-19(12-23-18)11-16(21-24-19)15-5-3-4-6-17(15)22-2/h3-10H,11-12H2,1-2H3. The molecule has 2 aromatic rings. The minimum atomic E-state index is -0.767. The minimum Gasteiger partial charge on any atom is -0.496 e. The number of hydrogen-bond donors (Lipinski definition) is 0. The first-order valence-electron chi connectivity index (χ1n) is 7.87. The van der Waals surface area contributed by atoms with Gasteiger partial charge in [-0.1, -0.05) is 35.0 Å². The fraction of sp³-hybridized carbons (Fsp3) is 0.263. The summed E-state index contributed by atoms with van der Waals surface area (Å²) < 4.78 is 11.2. The van der Waals surface area contributed by atoms with Crippen molar-refractivity contribution in [2.24, 2.45) is 10.1 Å². The van der Waals surface area contributed by atoms with E-state index in [0.29, 0.717) is 18.9 Å². The van der Waals surface area contributed by atoms with Crippen molar-refractivity contribution < 1.29 is 14.3 Å². The summed E-state index contributed by atoms with van der Waals surface area (Å²) in [6.07, 6.45) is 0.558. The summed E-state index contributed by atoms with van der Waals surface area (Å²) in [5, 5.41) is 4.24. The monoisotopic (exact) mass is 322 g/mol. The van der Waals surface area contributed by atoms with Crippen LogP contribution in [0.5, 0.6) is 5.75 Å². The smallest absolute Gasteiger partial charge is 0.269 e. The van der Waals surface area contributed by atoms with Crippen molar-refractivity contribution in [2.45, 2.75) is 19.1 Å². The van der Waals surface area contributed by atoms with Crippen LogP contribution in [0.3, 0.4) is 0 Å². The van der Waals surface area contributed by atoms with Crippen LogP contribution in [0.1, 0.15) is 23.1 Å². The summed E-state index contributed by atoms with van der Waals surface area (Å²) in [4.78, 5) is 10.3. The quantitative estimate of drug-likeness (QED) is 0.871. The molecule has 2 heterocycles. The van der Waals surface area contributed by atoms with Gasteiger partial charge < -0.3 is 14.3 Å². The summed E-state index contributed by atoms with van der Waals surface area (Å²) in [5.41, 5.74) is 3.13. The van der Waals surface area contributed by atoms with E-state index in [1.807, 2.05) is 48.5 Å². The van der Waals surface area contributed by atoms with E-state index in [9.17, 15) is 0 Å². The van der Waals surface area contributed by atoms with Gasteiger partial charge in [0.05, 0.1) is 19.2 Å². The Morgan fingerprint density at radius 1 is 1.08 bits per heavy atom. The maximum absolute atomic E-state index is 5.78. The van der Waals surface area contributed by atoms with Crippen molar-refractivity contribution in [3.05, 3.63) is 65.2 Å². The van der Waals surface area contributed by atoms with Gasteiger partial charge in [-0.3, -0.25) is 0 Å². The second-order valence-electron chi connectivity index (χ2n) is 6.02. The number of benzene rings is 2. The molecular weight excluding hydrogens is 304 g/mol. The van der Waals surface area contributed by atoms with Crippen molar-refractivity contribution in [1.29, 1.82) is 0 Å². The molecule has 24 heavy (non-hydrogen) atoms. The van der Waals surface area contributed by atoms with Gasteiger partial charge in [-0.15, -0.1) is 0 Å². The summed E-state index contributed by atoms with van der Waals surface area (Å²) in [6.45, 7) is 2.41. The minimum absolute atomic E-state index is 0.359. The molecule has 0 bridgehead atoms. The van der Waals surface area contributed by atoms with E-state index < -0.39 is 5.72 Å². The Labute approximate surface area is 140 Å². The van der Waals surface area contributed by atoms with Crippen LogP contribution in [-0.4, -0.2) is 31.1 Å². The SMILES string of the molecule is COc1ccccc1C1=NOC2(COC(c3ccc(C)cc3)=N2)C1. The van der Waals surface area contributed by atoms with Crippen LogP contribution in [-0.2, 0) is 9.57 Å². The van der Waals surface area contributed by atoms with Crippen LogP contribution in [0.15, 0.2) is 58.7 Å². The highest BCUT2D eigenvalue weighted by Crippen LogP contribution is 2.35. The number of rotatable bonds is 3. The van der Waals surface area contributed by atoms with E-state index in [4.69, 9.17) is 14.3 Å². The average molecular weight is 322 g/mol. The Kier molecular flexibility index (Phi) is 3.49. The molecule has 122 valence electrons. The second-order valence-corrected chi connectivity index (χ2v) is 6.02. The average Bonchev–Trinajstić information content (AvgIpc) is 3.23. The first-order valence-corrected chi connectivity index (χ1v) is 7.87. The summed E-state index contributed by atoms with van der Waals surface area (Å²) in [5.74, 6) is 1.38. The zero-order valence-corrected chi connectivity index (χ0v) is 13.7. The Morgan fingerprint density at radius 3 is 2.67 bits per heavy atom. The molecule has 4 rings (SSSR count). The fourth-order valence-corrected chi connectivity index (χ4v) is 2.91. The molecule has 0 saturated heterocycles. The Bertz CT molecular complexity index is 827. The summed E-state index contributed by atoms with van der Waals surface area (Å²) in [6, 6.07) is 15.9. The van der Waals surface area contributed by atoms with Crippen LogP contribution in [0.2, 0.25) is 0 Å². The molecule has 0 aliphatic carbocycles. The van der Waals surface area contributed by atoms with Crippen LogP contribution < -0.4 is 4.74 Å². The van der Waals surface area contributed by atoms with Gasteiger partial charge in [0, 0.05) is 11.1 Å². The van der Waals surface area contributed by atoms with Gasteiger partial charge >= 0.3 is 0 Å². The van der Waals surface area contributed by atoms with Gasteiger partial charge in [0.2, 0.25) is 5.90 Å². The molecule has 0 amide bonds. The number of methoxy groups -OCH3 is 1. The van der Waals surface area contributed by atoms with Gasteiger partial charge in [0.15, 0.2) is 6.61 Å². The van der Waals surface area contributed by atoms with Crippen molar-refractivity contribution in [1.82, 2.24) is 0 Å². The molecule has 0 saturated carbocycles. The van der Waals surface area contributed by atoms with Crippen molar-refractivity contribution in [2.75, 3.05) is 13.7 Å². The number of oxime groups is 1. The van der Waals surface area contributed by atoms with E-state index >= 15 is 0 Å². The highest BCUT2D eigenvalue weighted by molar-refractivity contribution is 6.04. The van der Waals surface area contributed by atoms with Gasteiger partial charge in [0.25, 0.3) is 5.72 Å². The number of ether oxygens (including phenoxy) is 2. The predicted octanol–water partition coefficient (Wildman–Crippen LogP) is 3.30. The maximum atomic E-state index is 5.78. The normalized spacial score (nSPS) is 21.9. The van der Waals surface area contributed by atoms with Crippen molar-refractivity contribution in [3.63, 3.8) is 0 Å². The van der Waals surface area contributed by atoms with Gasteiger partial charge in [-0.05, 0) is 31.2 Å². The van der Waals surface area contributed by atoms with E-state index in [1.165, 1.54) is 5.56 Å². The second kappa shape index (κ2) is 5.67. The first-order chi connectivity index (χ1) is 11.7. The largest absolute Gasteiger partial charge is 0.496 e. The molecule has 1 atom stereocenters. The third kappa shape index (κ3) is 2.52. The van der Waals surface area contributed by atoms with Gasteiger partial charge in [0.1, 0.15) is 5.75 Å². The first kappa shape index (κ1) is 14.8. The highest BCUT2D eigenvalue weighted by Gasteiger charge is 2.45. The lowest BCUT2D eigenvalue weighted by Crippen LogP contribution is -2.28. The van der Waals surface area contributed by atoms with Crippen molar-refractivity contribution in [3.8, 4) is 5.75 Å². The number of para-hydroxylation sites is 1. The molecule has 1 spiro atoms. The highest BCUT2D eigenvalue weighted by atomic mass is 16.7. The van der Waals surface area contributed by atoms with E-state index in [0.717, 1.165) is 22.6 Å². The van der Waals surface area contributed by atoms with Crippen LogP contribution in [0, 0.1) is 6.92 Å².